The van der Waals surface area contributed by atoms with E-state index < -0.39 is 0 Å². The fourth-order valence-corrected chi connectivity index (χ4v) is 2.94. The van der Waals surface area contributed by atoms with Crippen LogP contribution in [0.4, 0.5) is 5.82 Å². The number of thiophene rings is 1. The average molecular weight is 295 g/mol. The van der Waals surface area contributed by atoms with Gasteiger partial charge in [0.15, 0.2) is 0 Å². The van der Waals surface area contributed by atoms with Gasteiger partial charge in [0.25, 0.3) is 0 Å². The van der Waals surface area contributed by atoms with Crippen LogP contribution in [0.1, 0.15) is 16.9 Å². The first-order chi connectivity index (χ1) is 9.74. The third-order valence-corrected chi connectivity index (χ3v) is 4.27. The van der Waals surface area contributed by atoms with Gasteiger partial charge in [0, 0.05) is 25.1 Å². The summed E-state index contributed by atoms with van der Waals surface area (Å²) in [6.07, 6.45) is 2.56. The second kappa shape index (κ2) is 7.52. The van der Waals surface area contributed by atoms with E-state index in [1.54, 1.807) is 24.8 Å². The Labute approximate surface area is 123 Å². The van der Waals surface area contributed by atoms with Crippen molar-refractivity contribution in [3.63, 3.8) is 0 Å². The molecule has 0 aromatic carbocycles. The molecule has 2 aromatic heterocycles. The Balaban J connectivity index is 1.87. The van der Waals surface area contributed by atoms with E-state index in [1.165, 1.54) is 10.4 Å². The lowest BCUT2D eigenvalue weighted by molar-refractivity contribution is 0.0705. The Morgan fingerprint density at radius 1 is 1.20 bits per heavy atom. The van der Waals surface area contributed by atoms with Gasteiger partial charge in [0.05, 0.1) is 18.6 Å². The van der Waals surface area contributed by atoms with Crippen LogP contribution < -0.4 is 5.32 Å². The maximum absolute atomic E-state index is 5.43. The van der Waals surface area contributed by atoms with Crippen molar-refractivity contribution < 1.29 is 9.47 Å². The molecule has 0 aliphatic carbocycles. The molecule has 1 N–H and O–H groups in total. The summed E-state index contributed by atoms with van der Waals surface area (Å²) in [4.78, 5) is 11.0. The number of aryl methyl sites for hydroxylation is 2. The Kier molecular flexibility index (Phi) is 5.70. The zero-order chi connectivity index (χ0) is 14.4. The zero-order valence-electron chi connectivity index (χ0n) is 12.2. The predicted molar refractivity (Wildman–Crippen MR) is 82.7 cm³/mol. The maximum atomic E-state index is 5.43. The van der Waals surface area contributed by atoms with Gasteiger partial charge in [-0.3, -0.25) is 0 Å². The summed E-state index contributed by atoms with van der Waals surface area (Å²) in [5.41, 5.74) is 1.27. The number of aromatic nitrogens is 2. The molecule has 0 saturated heterocycles. The van der Waals surface area contributed by atoms with E-state index in [1.807, 2.05) is 0 Å². The van der Waals surface area contributed by atoms with Gasteiger partial charge in [-0.2, -0.15) is 0 Å². The number of methoxy groups -OCH3 is 1. The fourth-order valence-electron chi connectivity index (χ4n) is 1.94. The van der Waals surface area contributed by atoms with Crippen molar-refractivity contribution in [2.24, 2.45) is 0 Å². The van der Waals surface area contributed by atoms with Crippen molar-refractivity contribution in [3.05, 3.63) is 16.8 Å². The van der Waals surface area contributed by atoms with E-state index in [2.05, 4.69) is 29.1 Å². The fraction of sp³-hybridized carbons (Fsp3) is 0.571. The molecule has 110 valence electrons. The van der Waals surface area contributed by atoms with Gasteiger partial charge >= 0.3 is 0 Å². The van der Waals surface area contributed by atoms with Crippen molar-refractivity contribution in [3.8, 4) is 0 Å². The molecule has 6 heteroatoms. The first-order valence-corrected chi connectivity index (χ1v) is 7.57. The quantitative estimate of drug-likeness (QED) is 0.759. The van der Waals surface area contributed by atoms with Crippen molar-refractivity contribution in [1.82, 2.24) is 9.97 Å². The highest BCUT2D eigenvalue weighted by Crippen LogP contribution is 2.32. The molecule has 0 unspecified atom stereocenters. The van der Waals surface area contributed by atoms with Crippen molar-refractivity contribution in [2.45, 2.75) is 20.3 Å². The van der Waals surface area contributed by atoms with Crippen molar-refractivity contribution in [2.75, 3.05) is 38.8 Å². The van der Waals surface area contributed by atoms with E-state index in [0.717, 1.165) is 35.6 Å². The summed E-state index contributed by atoms with van der Waals surface area (Å²) in [5, 5.41) is 4.53. The average Bonchev–Trinajstić information content (AvgIpc) is 2.74. The summed E-state index contributed by atoms with van der Waals surface area (Å²) >= 11 is 1.72. The number of anilines is 1. The van der Waals surface area contributed by atoms with Crippen LogP contribution in [-0.2, 0) is 9.47 Å². The first-order valence-electron chi connectivity index (χ1n) is 6.75. The molecule has 0 aliphatic rings. The van der Waals surface area contributed by atoms with Crippen molar-refractivity contribution in [1.29, 1.82) is 0 Å². The normalized spacial score (nSPS) is 11.2. The largest absolute Gasteiger partial charge is 0.382 e. The lowest BCUT2D eigenvalue weighted by Gasteiger charge is -2.07. The highest BCUT2D eigenvalue weighted by Gasteiger charge is 2.11. The molecular formula is C14H21N3O2S. The van der Waals surface area contributed by atoms with Crippen LogP contribution in [0.2, 0.25) is 0 Å². The van der Waals surface area contributed by atoms with Gasteiger partial charge in [-0.25, -0.2) is 9.97 Å². The third-order valence-electron chi connectivity index (χ3n) is 3.16. The molecule has 2 heterocycles. The first kappa shape index (κ1) is 15.2. The van der Waals surface area contributed by atoms with E-state index in [9.17, 15) is 0 Å². The summed E-state index contributed by atoms with van der Waals surface area (Å²) in [6.45, 7) is 7.11. The number of nitrogens with zero attached hydrogens (tertiary/aromatic N) is 2. The molecule has 0 fully saturated rings. The van der Waals surface area contributed by atoms with Crippen LogP contribution in [-0.4, -0.2) is 43.4 Å². The smallest absolute Gasteiger partial charge is 0.138 e. The molecule has 2 rings (SSSR count). The minimum absolute atomic E-state index is 0.646. The molecule has 0 amide bonds. The van der Waals surface area contributed by atoms with Crippen molar-refractivity contribution >= 4 is 27.4 Å². The molecule has 0 atom stereocenters. The van der Waals surface area contributed by atoms with E-state index >= 15 is 0 Å². The Morgan fingerprint density at radius 3 is 2.85 bits per heavy atom. The zero-order valence-corrected chi connectivity index (χ0v) is 13.0. The number of hydrogen-bond acceptors (Lipinski definition) is 6. The van der Waals surface area contributed by atoms with Gasteiger partial charge in [-0.05, 0) is 25.8 Å². The molecule has 2 aromatic rings. The van der Waals surface area contributed by atoms with Gasteiger partial charge in [0.1, 0.15) is 17.0 Å². The van der Waals surface area contributed by atoms with Gasteiger partial charge in [0.2, 0.25) is 0 Å². The van der Waals surface area contributed by atoms with Crippen LogP contribution in [0, 0.1) is 13.8 Å². The minimum Gasteiger partial charge on any atom is -0.382 e. The number of rotatable bonds is 8. The second-order valence-electron chi connectivity index (χ2n) is 4.57. The summed E-state index contributed by atoms with van der Waals surface area (Å²) < 4.78 is 10.4. The number of fused-ring (bicyclic) bond motifs is 1. The second-order valence-corrected chi connectivity index (χ2v) is 5.77. The molecule has 0 bridgehead atoms. The van der Waals surface area contributed by atoms with Crippen LogP contribution in [0.15, 0.2) is 6.33 Å². The van der Waals surface area contributed by atoms with E-state index in [0.29, 0.717) is 13.2 Å². The van der Waals surface area contributed by atoms with Crippen LogP contribution in [0.3, 0.4) is 0 Å². The van der Waals surface area contributed by atoms with Crippen LogP contribution in [0.5, 0.6) is 0 Å². The molecule has 0 aliphatic heterocycles. The monoisotopic (exact) mass is 295 g/mol. The maximum Gasteiger partial charge on any atom is 0.138 e. The lowest BCUT2D eigenvalue weighted by atomic mass is 10.2. The molecule has 20 heavy (non-hydrogen) atoms. The number of ether oxygens (including phenoxy) is 2. The SMILES string of the molecule is COCCOCCCNc1ncnc2sc(C)c(C)c12. The summed E-state index contributed by atoms with van der Waals surface area (Å²) in [7, 11) is 1.68. The van der Waals surface area contributed by atoms with Gasteiger partial charge in [-0.15, -0.1) is 11.3 Å². The Hall–Kier alpha value is -1.24. The molecule has 0 radical (unpaired) electrons. The highest BCUT2D eigenvalue weighted by molar-refractivity contribution is 7.18. The van der Waals surface area contributed by atoms with Gasteiger partial charge < -0.3 is 14.8 Å². The van der Waals surface area contributed by atoms with E-state index in [4.69, 9.17) is 9.47 Å². The predicted octanol–water partition coefficient (Wildman–Crippen LogP) is 2.77. The molecule has 5 nitrogen and oxygen atoms in total. The molecule has 0 saturated carbocycles. The summed E-state index contributed by atoms with van der Waals surface area (Å²) in [5.74, 6) is 0.925. The van der Waals surface area contributed by atoms with E-state index in [-0.39, 0.29) is 0 Å². The Bertz CT molecular complexity index is 557. The molecular weight excluding hydrogens is 274 g/mol. The minimum atomic E-state index is 0.646. The van der Waals surface area contributed by atoms with Gasteiger partial charge in [-0.1, -0.05) is 0 Å². The standard InChI is InChI=1S/C14H21N3O2S/c1-10-11(2)20-14-12(10)13(16-9-17-14)15-5-4-6-19-8-7-18-3/h9H,4-8H2,1-3H3,(H,15,16,17). The molecule has 0 spiro atoms. The Morgan fingerprint density at radius 2 is 2.05 bits per heavy atom. The third kappa shape index (κ3) is 3.65. The summed E-state index contributed by atoms with van der Waals surface area (Å²) in [6, 6.07) is 0. The topological polar surface area (TPSA) is 56.3 Å². The lowest BCUT2D eigenvalue weighted by Crippen LogP contribution is -2.09. The van der Waals surface area contributed by atoms with Crippen LogP contribution >= 0.6 is 11.3 Å². The number of nitrogens with one attached hydrogen (secondary N) is 1. The number of hydrogen-bond donors (Lipinski definition) is 1. The highest BCUT2D eigenvalue weighted by atomic mass is 32.1. The van der Waals surface area contributed by atoms with Crippen LogP contribution in [0.25, 0.3) is 10.2 Å².